The van der Waals surface area contributed by atoms with Gasteiger partial charge in [0, 0.05) is 23.9 Å². The highest BCUT2D eigenvalue weighted by atomic mass is 32.2. The Balaban J connectivity index is 1.36. The molecule has 0 spiro atoms. The molecular weight excluding hydrogens is 753 g/mol. The van der Waals surface area contributed by atoms with Crippen LogP contribution in [0.25, 0.3) is 10.8 Å². The van der Waals surface area contributed by atoms with E-state index in [0.29, 0.717) is 30.0 Å². The van der Waals surface area contributed by atoms with Gasteiger partial charge in [-0.3, -0.25) is 19.1 Å². The van der Waals surface area contributed by atoms with Crippen LogP contribution >= 0.6 is 0 Å². The average Bonchev–Trinajstić information content (AvgIpc) is 4.02. The van der Waals surface area contributed by atoms with Crippen molar-refractivity contribution in [2.24, 2.45) is 17.8 Å². The van der Waals surface area contributed by atoms with Crippen molar-refractivity contribution in [2.45, 2.75) is 114 Å². The van der Waals surface area contributed by atoms with Crippen molar-refractivity contribution in [3.8, 4) is 11.6 Å². The molecule has 7 atom stereocenters. The number of benzene rings is 1. The van der Waals surface area contributed by atoms with Crippen LogP contribution in [0.3, 0.4) is 0 Å². The normalized spacial score (nSPS) is 29.8. The van der Waals surface area contributed by atoms with Gasteiger partial charge in [0.05, 0.1) is 13.7 Å². The van der Waals surface area contributed by atoms with Gasteiger partial charge in [-0.25, -0.2) is 27.0 Å². The Kier molecular flexibility index (Phi) is 11.3. The summed E-state index contributed by atoms with van der Waals surface area (Å²) in [6.07, 6.45) is 5.38. The first-order valence-corrected chi connectivity index (χ1v) is 20.5. The van der Waals surface area contributed by atoms with Crippen LogP contribution in [-0.4, -0.2) is 96.5 Å². The largest absolute Gasteiger partial charge is 0.494 e. The smallest absolute Gasteiger partial charge is 0.408 e. The van der Waals surface area contributed by atoms with Crippen LogP contribution in [0.2, 0.25) is 0 Å². The molecule has 2 aliphatic carbocycles. The van der Waals surface area contributed by atoms with Gasteiger partial charge in [0.1, 0.15) is 40.7 Å². The third-order valence-corrected chi connectivity index (χ3v) is 13.3. The Morgan fingerprint density at radius 2 is 1.88 bits per heavy atom. The molecule has 2 unspecified atom stereocenters. The highest BCUT2D eigenvalue weighted by molar-refractivity contribution is 7.91. The lowest BCUT2D eigenvalue weighted by Gasteiger charge is -2.33. The van der Waals surface area contributed by atoms with Crippen molar-refractivity contribution < 1.29 is 50.6 Å². The van der Waals surface area contributed by atoms with Gasteiger partial charge >= 0.3 is 6.09 Å². The molecule has 1 saturated heterocycles. The molecule has 3 N–H and O–H groups in total. The number of fused-ring (bicyclic) bond motifs is 3. The minimum atomic E-state index is -4.41. The minimum absolute atomic E-state index is 0.0200. The van der Waals surface area contributed by atoms with Gasteiger partial charge in [-0.15, -0.1) is 0 Å². The maximum absolute atomic E-state index is 14.9. The second kappa shape index (κ2) is 15.4. The zero-order valence-electron chi connectivity index (χ0n) is 32.5. The van der Waals surface area contributed by atoms with E-state index < -0.39 is 92.2 Å². The van der Waals surface area contributed by atoms with E-state index in [-0.39, 0.29) is 49.8 Å². The maximum Gasteiger partial charge on any atom is 0.408 e. The van der Waals surface area contributed by atoms with Crippen LogP contribution < -0.4 is 24.8 Å². The quantitative estimate of drug-likeness (QED) is 0.323. The van der Waals surface area contributed by atoms with E-state index in [1.165, 1.54) is 30.3 Å². The van der Waals surface area contributed by atoms with Gasteiger partial charge in [-0.1, -0.05) is 26.0 Å². The summed E-state index contributed by atoms with van der Waals surface area (Å²) < 4.78 is 72.3. The predicted molar refractivity (Wildman–Crippen MR) is 201 cm³/mol. The topological polar surface area (TPSA) is 182 Å². The van der Waals surface area contributed by atoms with Crippen LogP contribution in [0.4, 0.5) is 13.6 Å². The summed E-state index contributed by atoms with van der Waals surface area (Å²) in [5, 5.41) is 6.42. The lowest BCUT2D eigenvalue weighted by Crippen LogP contribution is -2.59. The lowest BCUT2D eigenvalue weighted by atomic mass is 9.88. The van der Waals surface area contributed by atoms with Gasteiger partial charge in [0.2, 0.25) is 27.7 Å². The number of amides is 4. The Hall–Kier alpha value is -4.54. The monoisotopic (exact) mass is 803 g/mol. The number of alkyl halides is 1. The van der Waals surface area contributed by atoms with Crippen molar-refractivity contribution >= 4 is 44.6 Å². The van der Waals surface area contributed by atoms with Crippen LogP contribution in [0.15, 0.2) is 36.5 Å². The number of hydrogen-bond acceptors (Lipinski definition) is 10. The number of hydrogen-bond donors (Lipinski definition) is 3. The molecule has 2 aromatic rings. The molecule has 3 fully saturated rings. The third-order valence-electron chi connectivity index (χ3n) is 11.2. The SMILES string of the molecule is COc1cc2ccnc(O[C@@H]3C[C@H]4C(=O)NC5(C(=O)NS(=O)(=O)C6(CF)CC6)CC5/C=C\CC[C@@H](C)C[C@@H](C)[C@H](NC(=O)OC(C)(C)C)C(=O)N4C3)c2cc1F. The van der Waals surface area contributed by atoms with E-state index >= 15 is 0 Å². The first-order chi connectivity index (χ1) is 26.3. The molecule has 6 rings (SSSR count). The molecule has 56 heavy (non-hydrogen) atoms. The van der Waals surface area contributed by atoms with Gasteiger partial charge < -0.3 is 29.7 Å². The Morgan fingerprint density at radius 1 is 1.14 bits per heavy atom. The van der Waals surface area contributed by atoms with Crippen LogP contribution in [0.5, 0.6) is 11.6 Å². The van der Waals surface area contributed by atoms with Gasteiger partial charge in [0.15, 0.2) is 11.6 Å². The predicted octanol–water partition coefficient (Wildman–Crippen LogP) is 4.46. The molecular formula is C39H51F2N5O9S. The molecule has 0 bridgehead atoms. The average molecular weight is 804 g/mol. The zero-order chi connectivity index (χ0) is 40.8. The van der Waals surface area contributed by atoms with E-state index in [1.807, 2.05) is 19.9 Å². The van der Waals surface area contributed by atoms with Gasteiger partial charge in [-0.2, -0.15) is 0 Å². The van der Waals surface area contributed by atoms with Crippen molar-refractivity contribution in [1.82, 2.24) is 25.2 Å². The second-order valence-electron chi connectivity index (χ2n) is 16.8. The van der Waals surface area contributed by atoms with E-state index in [9.17, 15) is 36.4 Å². The number of sulfonamides is 1. The molecule has 4 aliphatic rings. The molecule has 17 heteroatoms. The van der Waals surface area contributed by atoms with E-state index in [0.717, 1.165) is 0 Å². The summed E-state index contributed by atoms with van der Waals surface area (Å²) in [7, 11) is -3.07. The van der Waals surface area contributed by atoms with E-state index in [4.69, 9.17) is 14.2 Å². The zero-order valence-corrected chi connectivity index (χ0v) is 33.3. The maximum atomic E-state index is 14.9. The lowest BCUT2D eigenvalue weighted by molar-refractivity contribution is -0.142. The second-order valence-corrected chi connectivity index (χ2v) is 18.9. The summed E-state index contributed by atoms with van der Waals surface area (Å²) in [5.74, 6) is -3.83. The third kappa shape index (κ3) is 8.42. The first kappa shape index (κ1) is 41.1. The summed E-state index contributed by atoms with van der Waals surface area (Å²) in [6.45, 7) is 7.64. The van der Waals surface area contributed by atoms with Crippen molar-refractivity contribution in [3.63, 3.8) is 0 Å². The van der Waals surface area contributed by atoms with Crippen molar-refractivity contribution in [2.75, 3.05) is 20.3 Å². The highest BCUT2D eigenvalue weighted by Crippen LogP contribution is 2.48. The number of pyridine rings is 1. The summed E-state index contributed by atoms with van der Waals surface area (Å²) in [4.78, 5) is 61.9. The highest BCUT2D eigenvalue weighted by Gasteiger charge is 2.64. The fourth-order valence-electron chi connectivity index (χ4n) is 7.74. The molecule has 4 amide bonds. The summed E-state index contributed by atoms with van der Waals surface area (Å²) in [5.41, 5.74) is -2.56. The summed E-state index contributed by atoms with van der Waals surface area (Å²) in [6, 6.07) is 1.97. The van der Waals surface area contributed by atoms with Gasteiger partial charge in [-0.05, 0) is 94.7 Å². The molecule has 2 saturated carbocycles. The minimum Gasteiger partial charge on any atom is -0.494 e. The van der Waals surface area contributed by atoms with Gasteiger partial charge in [0.25, 0.3) is 5.91 Å². The van der Waals surface area contributed by atoms with E-state index in [1.54, 1.807) is 32.9 Å². The molecule has 1 aromatic heterocycles. The molecule has 2 aliphatic heterocycles. The standard InChI is InChI=1S/C39H51F2N5O9S/c1-22-9-7-8-10-25-19-39(25,35(49)45-56(51,52)38(21-40)12-13-38)44-32(47)29-17-26(54-33-27-18-28(41)30(53-6)16-24(27)11-14-42-33)20-46(29)34(48)31(23(2)15-22)43-36(50)55-37(3,4)5/h8,10-11,14,16,18,22-23,25-26,29,31H,7,9,12-13,15,17,19-21H2,1-6H3,(H,43,50)(H,44,47)(H,45,49)/b10-8-/t22-,23-,25?,26-,29+,31+,39?/m1/s1. The van der Waals surface area contributed by atoms with Crippen LogP contribution in [-0.2, 0) is 29.1 Å². The number of ether oxygens (including phenoxy) is 3. The number of allylic oxidation sites excluding steroid dienone is 1. The number of alkyl carbamates (subject to hydrolysis) is 1. The molecule has 1 aromatic carbocycles. The number of carbonyl (C=O) groups excluding carboxylic acids is 4. The van der Waals surface area contributed by atoms with E-state index in [2.05, 4.69) is 20.3 Å². The number of aromatic nitrogens is 1. The number of carbonyl (C=O) groups is 4. The van der Waals surface area contributed by atoms with Crippen LogP contribution in [0, 0.1) is 23.6 Å². The summed E-state index contributed by atoms with van der Waals surface area (Å²) >= 11 is 0. The number of nitrogens with one attached hydrogen (secondary N) is 3. The Morgan fingerprint density at radius 3 is 2.54 bits per heavy atom. The number of nitrogens with zero attached hydrogens (tertiary/aromatic N) is 2. The Labute approximate surface area is 325 Å². The number of methoxy groups -OCH3 is 1. The molecule has 0 radical (unpaired) electrons. The molecule has 3 heterocycles. The fraction of sp³-hybridized carbons (Fsp3) is 0.615. The van der Waals surface area contributed by atoms with Crippen molar-refractivity contribution in [1.29, 1.82) is 0 Å². The first-order valence-electron chi connectivity index (χ1n) is 19.0. The number of rotatable bonds is 8. The van der Waals surface area contributed by atoms with Crippen molar-refractivity contribution in [3.05, 3.63) is 42.4 Å². The number of halogens is 2. The fourth-order valence-corrected chi connectivity index (χ4v) is 9.17. The Bertz CT molecular complexity index is 2020. The van der Waals surface area contributed by atoms with Crippen LogP contribution in [0.1, 0.15) is 79.6 Å². The molecule has 306 valence electrons. The molecule has 14 nitrogen and oxygen atoms in total.